The van der Waals surface area contributed by atoms with Crippen molar-refractivity contribution in [3.05, 3.63) is 29.8 Å². The molecule has 0 aromatic heterocycles. The highest BCUT2D eigenvalue weighted by atomic mass is 16.7. The highest BCUT2D eigenvalue weighted by Gasteiger charge is 2.37. The molecule has 0 amide bonds. The third kappa shape index (κ3) is 4.23. The van der Waals surface area contributed by atoms with E-state index in [0.29, 0.717) is 6.61 Å². The van der Waals surface area contributed by atoms with E-state index in [0.717, 1.165) is 11.3 Å². The molecule has 0 unspecified atom stereocenters. The van der Waals surface area contributed by atoms with Crippen LogP contribution in [0.15, 0.2) is 24.3 Å². The van der Waals surface area contributed by atoms with Gasteiger partial charge in [-0.05, 0) is 12.1 Å². The molecule has 6 atom stereocenters. The molecule has 1 fully saturated rings. The largest absolute Gasteiger partial charge is 0.497 e. The van der Waals surface area contributed by atoms with Crippen LogP contribution in [0.3, 0.4) is 0 Å². The summed E-state index contributed by atoms with van der Waals surface area (Å²) in [6, 6.07) is 7.60. The molecule has 0 bridgehead atoms. The molecule has 1 aliphatic rings. The first-order chi connectivity index (χ1) is 11.0. The van der Waals surface area contributed by atoms with Gasteiger partial charge in [0.25, 0.3) is 0 Å². The number of hydrogen-bond acceptors (Lipinski definition) is 5. The molecule has 2 N–H and O–H groups in total. The number of hydrogen-bond donors (Lipinski definition) is 2. The van der Waals surface area contributed by atoms with Crippen LogP contribution in [0.5, 0.6) is 5.75 Å². The van der Waals surface area contributed by atoms with Crippen molar-refractivity contribution in [1.29, 1.82) is 0 Å². The van der Waals surface area contributed by atoms with E-state index in [1.54, 1.807) is 7.11 Å². The summed E-state index contributed by atoms with van der Waals surface area (Å²) in [6.45, 7) is 6.40. The number of aliphatic hydroxyl groups excluding tert-OH is 2. The van der Waals surface area contributed by atoms with Crippen LogP contribution in [0, 0.1) is 17.8 Å². The highest BCUT2D eigenvalue weighted by Crippen LogP contribution is 2.35. The molecule has 5 nitrogen and oxygen atoms in total. The fourth-order valence-electron chi connectivity index (χ4n) is 3.05. The minimum Gasteiger partial charge on any atom is -0.497 e. The van der Waals surface area contributed by atoms with Gasteiger partial charge in [0.05, 0.1) is 25.9 Å². The molecule has 1 heterocycles. The van der Waals surface area contributed by atoms with Crippen molar-refractivity contribution in [3.8, 4) is 5.75 Å². The van der Waals surface area contributed by atoms with Crippen molar-refractivity contribution in [3.63, 3.8) is 0 Å². The summed E-state index contributed by atoms with van der Waals surface area (Å²) in [5.74, 6) is 0.704. The second-order valence-corrected chi connectivity index (χ2v) is 6.53. The molecule has 1 saturated heterocycles. The number of benzene rings is 1. The van der Waals surface area contributed by atoms with Crippen molar-refractivity contribution >= 4 is 0 Å². The van der Waals surface area contributed by atoms with Crippen molar-refractivity contribution in [2.45, 2.75) is 39.3 Å². The summed E-state index contributed by atoms with van der Waals surface area (Å²) >= 11 is 0. The van der Waals surface area contributed by atoms with Crippen LogP contribution in [-0.4, -0.2) is 42.7 Å². The summed E-state index contributed by atoms with van der Waals surface area (Å²) in [7, 11) is 1.63. The first-order valence-electron chi connectivity index (χ1n) is 8.17. The SMILES string of the molecule is COc1ccc([C@@H]2OC[C@@H](C)[C@H]([C@H](C)[C@@H](O)[C@@H](C)CO)O2)cc1. The van der Waals surface area contributed by atoms with Gasteiger partial charge in [0, 0.05) is 29.9 Å². The van der Waals surface area contributed by atoms with E-state index < -0.39 is 12.4 Å². The smallest absolute Gasteiger partial charge is 0.184 e. The fraction of sp³-hybridized carbons (Fsp3) is 0.667. The lowest BCUT2D eigenvalue weighted by Crippen LogP contribution is -2.45. The zero-order valence-electron chi connectivity index (χ0n) is 14.3. The second kappa shape index (κ2) is 8.11. The van der Waals surface area contributed by atoms with Gasteiger partial charge in [-0.25, -0.2) is 0 Å². The summed E-state index contributed by atoms with van der Waals surface area (Å²) < 4.78 is 17.1. The van der Waals surface area contributed by atoms with Gasteiger partial charge < -0.3 is 24.4 Å². The normalized spacial score (nSPS) is 28.9. The van der Waals surface area contributed by atoms with E-state index in [1.165, 1.54) is 0 Å². The molecule has 5 heteroatoms. The first kappa shape index (κ1) is 18.2. The molecule has 0 radical (unpaired) electrons. The van der Waals surface area contributed by atoms with Crippen LogP contribution in [0.1, 0.15) is 32.6 Å². The number of aliphatic hydroxyl groups is 2. The maximum absolute atomic E-state index is 10.4. The average molecular weight is 324 g/mol. The molecule has 0 saturated carbocycles. The Kier molecular flexibility index (Phi) is 6.41. The Morgan fingerprint density at radius 1 is 1.26 bits per heavy atom. The van der Waals surface area contributed by atoms with Crippen molar-refractivity contribution in [2.75, 3.05) is 20.3 Å². The molecule has 130 valence electrons. The van der Waals surface area contributed by atoms with Gasteiger partial charge in [-0.2, -0.15) is 0 Å². The zero-order valence-corrected chi connectivity index (χ0v) is 14.3. The summed E-state index contributed by atoms with van der Waals surface area (Å²) in [4.78, 5) is 0. The van der Waals surface area contributed by atoms with E-state index in [4.69, 9.17) is 14.2 Å². The second-order valence-electron chi connectivity index (χ2n) is 6.53. The van der Waals surface area contributed by atoms with Crippen LogP contribution in [0.25, 0.3) is 0 Å². The maximum atomic E-state index is 10.4. The molecule has 1 aromatic rings. The summed E-state index contributed by atoms with van der Waals surface area (Å²) in [5.41, 5.74) is 0.930. The molecular formula is C18H28O5. The van der Waals surface area contributed by atoms with Crippen LogP contribution < -0.4 is 4.74 Å². The third-order valence-corrected chi connectivity index (χ3v) is 4.67. The maximum Gasteiger partial charge on any atom is 0.184 e. The predicted molar refractivity (Wildman–Crippen MR) is 87.1 cm³/mol. The standard InChI is InChI=1S/C18H28O5/c1-11(9-19)16(20)13(3)17-12(2)10-22-18(23-17)14-5-7-15(21-4)8-6-14/h5-8,11-13,16-20H,9-10H2,1-4H3/t11-,12+,13+,16-,17+,18+/m0/s1. The molecule has 23 heavy (non-hydrogen) atoms. The van der Waals surface area contributed by atoms with Crippen LogP contribution in [0.4, 0.5) is 0 Å². The Hall–Kier alpha value is -1.14. The number of ether oxygens (including phenoxy) is 3. The molecule has 2 rings (SSSR count). The molecule has 0 aliphatic carbocycles. The van der Waals surface area contributed by atoms with Gasteiger partial charge in [-0.15, -0.1) is 0 Å². The highest BCUT2D eigenvalue weighted by molar-refractivity contribution is 5.28. The monoisotopic (exact) mass is 324 g/mol. The fourth-order valence-corrected chi connectivity index (χ4v) is 3.05. The van der Waals surface area contributed by atoms with E-state index in [-0.39, 0.29) is 30.5 Å². The van der Waals surface area contributed by atoms with Crippen LogP contribution in [0.2, 0.25) is 0 Å². The first-order valence-corrected chi connectivity index (χ1v) is 8.17. The van der Waals surface area contributed by atoms with Gasteiger partial charge in [0.15, 0.2) is 6.29 Å². The van der Waals surface area contributed by atoms with Crippen molar-refractivity contribution in [2.24, 2.45) is 17.8 Å². The quantitative estimate of drug-likeness (QED) is 0.841. The van der Waals surface area contributed by atoms with Gasteiger partial charge >= 0.3 is 0 Å². The number of methoxy groups -OCH3 is 1. The Bertz CT molecular complexity index is 475. The average Bonchev–Trinajstić information content (AvgIpc) is 2.60. The van der Waals surface area contributed by atoms with Crippen LogP contribution >= 0.6 is 0 Å². The van der Waals surface area contributed by atoms with Gasteiger partial charge in [0.1, 0.15) is 5.75 Å². The molecule has 1 aromatic carbocycles. The molecule has 1 aliphatic heterocycles. The Morgan fingerprint density at radius 2 is 1.91 bits per heavy atom. The lowest BCUT2D eigenvalue weighted by atomic mass is 9.84. The predicted octanol–water partition coefficient (Wildman–Crippen LogP) is 2.37. The van der Waals surface area contributed by atoms with E-state index >= 15 is 0 Å². The Morgan fingerprint density at radius 3 is 2.48 bits per heavy atom. The lowest BCUT2D eigenvalue weighted by molar-refractivity contribution is -0.257. The topological polar surface area (TPSA) is 68.2 Å². The van der Waals surface area contributed by atoms with Gasteiger partial charge in [-0.1, -0.05) is 32.9 Å². The third-order valence-electron chi connectivity index (χ3n) is 4.67. The van der Waals surface area contributed by atoms with E-state index in [1.807, 2.05) is 38.1 Å². The van der Waals surface area contributed by atoms with Crippen molar-refractivity contribution < 1.29 is 24.4 Å². The van der Waals surface area contributed by atoms with E-state index in [2.05, 4.69) is 6.92 Å². The molecule has 0 spiro atoms. The number of rotatable bonds is 6. The van der Waals surface area contributed by atoms with Crippen molar-refractivity contribution in [1.82, 2.24) is 0 Å². The van der Waals surface area contributed by atoms with Crippen LogP contribution in [-0.2, 0) is 9.47 Å². The minimum atomic E-state index is -0.609. The lowest BCUT2D eigenvalue weighted by Gasteiger charge is -2.40. The zero-order chi connectivity index (χ0) is 17.0. The minimum absolute atomic E-state index is 0.0367. The van der Waals surface area contributed by atoms with Gasteiger partial charge in [-0.3, -0.25) is 0 Å². The van der Waals surface area contributed by atoms with E-state index in [9.17, 15) is 10.2 Å². The summed E-state index contributed by atoms with van der Waals surface area (Å²) in [6.07, 6.45) is -1.18. The molecular weight excluding hydrogens is 296 g/mol. The summed E-state index contributed by atoms with van der Waals surface area (Å²) in [5, 5.41) is 19.6. The Balaban J connectivity index is 2.08. The Labute approximate surface area is 138 Å². The van der Waals surface area contributed by atoms with Gasteiger partial charge in [0.2, 0.25) is 0 Å².